The van der Waals surface area contributed by atoms with Crippen LogP contribution >= 0.6 is 22.6 Å². The molecule has 0 aliphatic carbocycles. The highest BCUT2D eigenvalue weighted by Crippen LogP contribution is 2.38. The SMILES string of the molecule is CC(C)(C)CCCCC/C(=C\B1OC(C)(C)C(C)(C)O1)c1cccc(CCCCCC(C)(C)C)c1.CC(C)(C)CCCCC/C(=C\I)c1cccc(CCCCCC(C)(C)C)c1. The van der Waals surface area contributed by atoms with Crippen molar-refractivity contribution in [1.29, 1.82) is 0 Å². The number of hydrogen-bond donors (Lipinski definition) is 0. The highest BCUT2D eigenvalue weighted by Gasteiger charge is 2.50. The van der Waals surface area contributed by atoms with Gasteiger partial charge in [-0.1, -0.05) is 212 Å². The topological polar surface area (TPSA) is 18.5 Å². The molecule has 3 rings (SSSR count). The van der Waals surface area contributed by atoms with Crippen LogP contribution in [0, 0.1) is 21.7 Å². The summed E-state index contributed by atoms with van der Waals surface area (Å²) in [5, 5.41) is 0. The number of halogens is 1. The number of allylic oxidation sites excluding steroid dienone is 2. The van der Waals surface area contributed by atoms with Crippen LogP contribution in [0.2, 0.25) is 0 Å². The molecule has 1 heterocycles. The Kier molecular flexibility index (Phi) is 24.4. The van der Waals surface area contributed by atoms with Gasteiger partial charge in [-0.05, 0) is 164 Å². The minimum absolute atomic E-state index is 0.286. The van der Waals surface area contributed by atoms with Gasteiger partial charge < -0.3 is 9.31 Å². The zero-order valence-corrected chi connectivity index (χ0v) is 45.8. The third-order valence-corrected chi connectivity index (χ3v) is 13.6. The zero-order valence-electron chi connectivity index (χ0n) is 43.7. The Labute approximate surface area is 400 Å². The van der Waals surface area contributed by atoms with Gasteiger partial charge in [-0.25, -0.2) is 0 Å². The van der Waals surface area contributed by atoms with Gasteiger partial charge in [-0.2, -0.15) is 0 Å². The average Bonchev–Trinajstić information content (AvgIpc) is 3.35. The maximum atomic E-state index is 6.34. The summed E-state index contributed by atoms with van der Waals surface area (Å²) < 4.78 is 15.0. The summed E-state index contributed by atoms with van der Waals surface area (Å²) in [5.74, 6) is 2.25. The first kappa shape index (κ1) is 56.8. The standard InChI is InChI=1S/C32H55BO2.C26H43I/c1-29(2,3)22-15-11-13-18-26-19-17-21-27(24-26)28(20-14-12-16-23-30(4,5)6)25-33-34-31(7,8)32(9,10)35-33;1-25(2,3)18-11-7-9-14-22-15-13-17-23(20-22)24(21-27)16-10-8-12-19-26(4,5)6/h17,19,21,24-25H,11-16,18,20,22-23H2,1-10H3;13,15,17,20-21H,7-12,14,16,18-19H2,1-6H3/b28-25+;24-21+. The van der Waals surface area contributed by atoms with Crippen LogP contribution in [0.25, 0.3) is 11.1 Å². The van der Waals surface area contributed by atoms with Gasteiger partial charge in [-0.3, -0.25) is 0 Å². The van der Waals surface area contributed by atoms with E-state index < -0.39 is 0 Å². The van der Waals surface area contributed by atoms with E-state index in [-0.39, 0.29) is 18.3 Å². The normalized spacial score (nSPS) is 16.1. The lowest BCUT2D eigenvalue weighted by molar-refractivity contribution is 0.00578. The highest BCUT2D eigenvalue weighted by atomic mass is 127. The summed E-state index contributed by atoms with van der Waals surface area (Å²) in [6, 6.07) is 18.5. The van der Waals surface area contributed by atoms with Crippen molar-refractivity contribution in [2.75, 3.05) is 0 Å². The number of rotatable bonds is 23. The van der Waals surface area contributed by atoms with Gasteiger partial charge in [0.05, 0.1) is 11.2 Å². The van der Waals surface area contributed by atoms with Gasteiger partial charge in [0.25, 0.3) is 0 Å². The Balaban J connectivity index is 0.000000442. The molecule has 0 amide bonds. The van der Waals surface area contributed by atoms with Crippen molar-refractivity contribution in [1.82, 2.24) is 0 Å². The molecule has 0 saturated carbocycles. The number of unbranched alkanes of at least 4 members (excludes halogenated alkanes) is 8. The quantitative estimate of drug-likeness (QED) is 0.0628. The maximum absolute atomic E-state index is 6.34. The lowest BCUT2D eigenvalue weighted by atomic mass is 9.82. The molecule has 0 spiro atoms. The van der Waals surface area contributed by atoms with Gasteiger partial charge in [0.2, 0.25) is 0 Å². The third kappa shape index (κ3) is 25.4. The molecular weight excluding hydrogens is 866 g/mol. The monoisotopic (exact) mass is 965 g/mol. The van der Waals surface area contributed by atoms with Crippen LogP contribution in [-0.4, -0.2) is 18.3 Å². The highest BCUT2D eigenvalue weighted by molar-refractivity contribution is 14.1. The smallest absolute Gasteiger partial charge is 0.400 e. The van der Waals surface area contributed by atoms with Crippen molar-refractivity contribution in [3.63, 3.8) is 0 Å². The van der Waals surface area contributed by atoms with E-state index in [1.54, 1.807) is 0 Å². The molecule has 0 radical (unpaired) electrons. The molecule has 1 aliphatic heterocycles. The molecule has 2 nitrogen and oxygen atoms in total. The van der Waals surface area contributed by atoms with Gasteiger partial charge in [0.15, 0.2) is 0 Å². The summed E-state index contributed by atoms with van der Waals surface area (Å²) in [5.41, 5.74) is 9.82. The molecule has 0 unspecified atom stereocenters. The number of hydrogen-bond acceptors (Lipinski definition) is 2. The van der Waals surface area contributed by atoms with E-state index in [1.165, 1.54) is 149 Å². The molecule has 0 aromatic heterocycles. The van der Waals surface area contributed by atoms with Crippen LogP contribution < -0.4 is 0 Å². The van der Waals surface area contributed by atoms with Gasteiger partial charge in [-0.15, -0.1) is 0 Å². The minimum atomic E-state index is -0.305. The van der Waals surface area contributed by atoms with Crippen molar-refractivity contribution >= 4 is 40.9 Å². The van der Waals surface area contributed by atoms with Gasteiger partial charge in [0.1, 0.15) is 0 Å². The largest absolute Gasteiger partial charge is 0.487 e. The minimum Gasteiger partial charge on any atom is -0.400 e. The number of benzene rings is 2. The van der Waals surface area contributed by atoms with Crippen LogP contribution in [0.5, 0.6) is 0 Å². The van der Waals surface area contributed by atoms with Crippen LogP contribution in [0.4, 0.5) is 0 Å². The van der Waals surface area contributed by atoms with E-state index in [0.717, 1.165) is 12.8 Å². The summed E-state index contributed by atoms with van der Waals surface area (Å²) in [6.45, 7) is 36.6. The Morgan fingerprint density at radius 3 is 1.18 bits per heavy atom. The zero-order chi connectivity index (χ0) is 46.7. The van der Waals surface area contributed by atoms with Crippen LogP contribution in [0.3, 0.4) is 0 Å². The molecule has 0 bridgehead atoms. The fourth-order valence-electron chi connectivity index (χ4n) is 8.18. The Morgan fingerprint density at radius 2 is 0.823 bits per heavy atom. The molecular formula is C58H98BIO2. The predicted octanol–water partition coefficient (Wildman–Crippen LogP) is 19.5. The van der Waals surface area contributed by atoms with Crippen molar-refractivity contribution in [3.8, 4) is 0 Å². The van der Waals surface area contributed by atoms with Crippen molar-refractivity contribution in [2.24, 2.45) is 21.7 Å². The first-order valence-electron chi connectivity index (χ1n) is 25.2. The summed E-state index contributed by atoms with van der Waals surface area (Å²) in [6.07, 6.45) is 25.6. The van der Waals surface area contributed by atoms with Crippen LogP contribution in [-0.2, 0) is 22.2 Å². The molecule has 1 fully saturated rings. The van der Waals surface area contributed by atoms with E-state index in [4.69, 9.17) is 9.31 Å². The molecule has 62 heavy (non-hydrogen) atoms. The van der Waals surface area contributed by atoms with E-state index in [9.17, 15) is 0 Å². The fraction of sp³-hybridized carbons (Fsp3) is 0.724. The molecule has 0 N–H and O–H groups in total. The molecule has 2 aromatic rings. The molecule has 4 heteroatoms. The first-order chi connectivity index (χ1) is 28.7. The molecule has 0 atom stereocenters. The lowest BCUT2D eigenvalue weighted by Gasteiger charge is -2.32. The van der Waals surface area contributed by atoms with Gasteiger partial charge in [0, 0.05) is 0 Å². The molecule has 2 aromatic carbocycles. The Hall–Kier alpha value is -1.37. The fourth-order valence-corrected chi connectivity index (χ4v) is 8.85. The van der Waals surface area contributed by atoms with Crippen molar-refractivity contribution in [2.45, 2.75) is 250 Å². The molecule has 1 aliphatic rings. The Morgan fingerprint density at radius 1 is 0.484 bits per heavy atom. The van der Waals surface area contributed by atoms with Crippen LogP contribution in [0.15, 0.2) is 58.6 Å². The molecule has 1 saturated heterocycles. The average molecular weight is 965 g/mol. The second-order valence-electron chi connectivity index (χ2n) is 24.8. The third-order valence-electron chi connectivity index (χ3n) is 12.9. The van der Waals surface area contributed by atoms with Crippen LogP contribution in [0.1, 0.15) is 249 Å². The molecule has 352 valence electrons. The second kappa shape index (κ2) is 26.7. The predicted molar refractivity (Wildman–Crippen MR) is 287 cm³/mol. The summed E-state index contributed by atoms with van der Waals surface area (Å²) in [4.78, 5) is 0. The van der Waals surface area contributed by atoms with E-state index in [2.05, 4.69) is 192 Å². The Bertz CT molecular complexity index is 1590. The second-order valence-corrected chi connectivity index (χ2v) is 25.5. The summed E-state index contributed by atoms with van der Waals surface area (Å²) in [7, 11) is -0.286. The van der Waals surface area contributed by atoms with E-state index in [1.807, 2.05) is 0 Å². The first-order valence-corrected chi connectivity index (χ1v) is 26.5. The maximum Gasteiger partial charge on any atom is 0.487 e. The van der Waals surface area contributed by atoms with Gasteiger partial charge >= 0.3 is 7.12 Å². The lowest BCUT2D eigenvalue weighted by Crippen LogP contribution is -2.41. The van der Waals surface area contributed by atoms with Crippen molar-refractivity contribution < 1.29 is 9.31 Å². The van der Waals surface area contributed by atoms with E-state index >= 15 is 0 Å². The van der Waals surface area contributed by atoms with Crippen molar-refractivity contribution in [3.05, 3.63) is 80.8 Å². The summed E-state index contributed by atoms with van der Waals surface area (Å²) >= 11 is 2.42. The van der Waals surface area contributed by atoms with E-state index in [0.29, 0.717) is 21.7 Å². The number of aryl methyl sites for hydroxylation is 2.